The third-order valence-electron chi connectivity index (χ3n) is 14.3. The van der Waals surface area contributed by atoms with E-state index in [1.54, 1.807) is 87.7 Å². The van der Waals surface area contributed by atoms with Gasteiger partial charge in [0.05, 0.1) is 89.2 Å². The summed E-state index contributed by atoms with van der Waals surface area (Å²) in [6, 6.07) is 22.0. The van der Waals surface area contributed by atoms with Crippen molar-refractivity contribution in [2.45, 2.75) is 141 Å². The monoisotopic (exact) mass is 1770 g/mol. The fourth-order valence-corrected chi connectivity index (χ4v) is 10.2. The number of aromatic nitrogens is 8. The average molecular weight is 1770 g/mol. The van der Waals surface area contributed by atoms with E-state index in [9.17, 15) is 24.0 Å². The van der Waals surface area contributed by atoms with E-state index in [0.29, 0.717) is 77.5 Å². The number of nitrogens with zero attached hydrogens (tertiary/aromatic N) is 7. The van der Waals surface area contributed by atoms with E-state index in [2.05, 4.69) is 68.0 Å². The highest BCUT2D eigenvalue weighted by molar-refractivity contribution is 9.11. The smallest absolute Gasteiger partial charge is 0.494 e. The van der Waals surface area contributed by atoms with Gasteiger partial charge in [0.2, 0.25) is 11.4 Å². The van der Waals surface area contributed by atoms with Gasteiger partial charge in [-0.3, -0.25) is 23.5 Å². The number of nitrogens with one attached hydrogen (secondary N) is 1. The van der Waals surface area contributed by atoms with Crippen molar-refractivity contribution in [2.75, 3.05) is 26.9 Å². The number of halogens is 8. The molecule has 9 aromatic rings. The van der Waals surface area contributed by atoms with Gasteiger partial charge >= 0.3 is 26.4 Å². The number of pyridine rings is 4. The van der Waals surface area contributed by atoms with Gasteiger partial charge in [-0.1, -0.05) is 59.9 Å². The first-order chi connectivity index (χ1) is 47.6. The molecule has 0 atom stereocenters. The van der Waals surface area contributed by atoms with Crippen LogP contribution in [0.25, 0.3) is 22.5 Å². The van der Waals surface area contributed by atoms with E-state index >= 15 is 0 Å². The summed E-state index contributed by atoms with van der Waals surface area (Å²) in [6.45, 7) is 31.9. The van der Waals surface area contributed by atoms with E-state index in [0.717, 1.165) is 53.5 Å². The summed E-state index contributed by atoms with van der Waals surface area (Å²) in [5, 5.41) is 27.7. The quantitative estimate of drug-likeness (QED) is 0.0959. The molecular formula is C71H86B2Br4Cl4N8O15. The zero-order chi connectivity index (χ0) is 76.4. The molecule has 23 nitrogen and oxygen atoms in total. The van der Waals surface area contributed by atoms with Gasteiger partial charge in [0.1, 0.15) is 28.5 Å². The molecule has 0 saturated carbocycles. The van der Waals surface area contributed by atoms with E-state index in [4.69, 9.17) is 94.2 Å². The molecule has 3 aromatic carbocycles. The number of rotatable bonds is 12. The van der Waals surface area contributed by atoms with E-state index in [1.165, 1.54) is 41.4 Å². The van der Waals surface area contributed by atoms with Crippen LogP contribution in [0, 0.1) is 20.8 Å². The van der Waals surface area contributed by atoms with Crippen LogP contribution in [-0.4, -0.2) is 124 Å². The summed E-state index contributed by atoms with van der Waals surface area (Å²) in [5.41, 5.74) is 3.87. The van der Waals surface area contributed by atoms with Crippen LogP contribution in [0.2, 0.25) is 20.1 Å². The number of aromatic amines is 1. The number of hydrogen-bond acceptors (Lipinski definition) is 18. The molecule has 0 amide bonds. The number of methoxy groups -OCH3 is 1. The van der Waals surface area contributed by atoms with Crippen molar-refractivity contribution >= 4 is 149 Å². The Kier molecular flexibility index (Phi) is 35.9. The minimum Gasteiger partial charge on any atom is -0.494 e. The SMILES string of the molecule is Br.C.CC(C)(C)OC(=O)n1cc(B2OC(C)(C)C(C)(C)O2)cn1.CCOc1ccc(-n2cc(-c3cnn(C(=O)OC(C)(C)C)c3)c(Cl)cc2=O)c(C)c1.CCOc1ccc(-n2cc(Br)c(Cl)cc2=O)c(C)c1.CCOc1ccc(B(O)O)c(C)c1.COc1cc(Cl)c(Br)cn1.O=c1cc(Cl)c(Br)c[nH]1. The highest BCUT2D eigenvalue weighted by Gasteiger charge is 2.52. The molecule has 1 fully saturated rings. The molecule has 0 radical (unpaired) electrons. The second-order valence-electron chi connectivity index (χ2n) is 25.1. The van der Waals surface area contributed by atoms with E-state index in [1.807, 2.05) is 126 Å². The summed E-state index contributed by atoms with van der Waals surface area (Å²) in [6.07, 6.45) is 11.5. The van der Waals surface area contributed by atoms with Crippen LogP contribution in [-0.2, 0) is 18.8 Å². The Bertz CT molecular complexity index is 4530. The predicted octanol–water partition coefficient (Wildman–Crippen LogP) is 16.4. The molecule has 10 rings (SSSR count). The molecule has 562 valence electrons. The summed E-state index contributed by atoms with van der Waals surface area (Å²) >= 11 is 33.2. The summed E-state index contributed by atoms with van der Waals surface area (Å²) in [4.78, 5) is 65.6. The van der Waals surface area contributed by atoms with Crippen LogP contribution in [0.4, 0.5) is 9.59 Å². The van der Waals surface area contributed by atoms with Crippen molar-refractivity contribution in [3.05, 3.63) is 210 Å². The number of benzene rings is 3. The number of hydrogen-bond donors (Lipinski definition) is 3. The summed E-state index contributed by atoms with van der Waals surface area (Å²) < 4.78 is 50.9. The number of aryl methyl sites for hydroxylation is 3. The second kappa shape index (κ2) is 40.8. The molecule has 1 saturated heterocycles. The maximum Gasteiger partial charge on any atom is 0.498 e. The molecule has 0 unspecified atom stereocenters. The molecule has 1 aliphatic rings. The highest BCUT2D eigenvalue weighted by Crippen LogP contribution is 2.37. The first kappa shape index (κ1) is 91.5. The van der Waals surface area contributed by atoms with Gasteiger partial charge in [-0.2, -0.15) is 19.6 Å². The maximum absolute atomic E-state index is 12.6. The van der Waals surface area contributed by atoms with Crippen LogP contribution in [0.3, 0.4) is 0 Å². The standard InChI is InChI=1S/C22H24ClN3O4.C14H23BN2O4.C14H13BrClNO2.C9H13BO3.C6H5BrClNO.C5H3BrClNO.CH4.BrH/c1-6-29-16-7-8-19(14(2)9-16)25-13-17(18(23)10-20(25)27)15-11-24-26(12-15)21(28)30-22(3,4)5;1-12(2,3)19-11(18)17-9-10(8-16-17)15-20-13(4,5)14(6,7)21-15;1-3-19-10-4-5-13(9(2)6-10)17-8-11(15)12(16)7-14(17)18;1-3-13-8-4-5-9(10(11)12)7(2)6-8;1-10-6-2-5(8)4(7)3-9-6;6-3-2-8-5(9)1-4(3)7;;/h7-13H,6H2,1-5H3;8-9H,1-7H3;4-8H,3H2,1-2H3;4-6,11-12H,3H2,1-2H3;2-3H,1H3;1-2H,(H,8,9);1H4;1H. The van der Waals surface area contributed by atoms with Crippen molar-refractivity contribution < 1.29 is 57.4 Å². The van der Waals surface area contributed by atoms with Crippen LogP contribution in [0.1, 0.15) is 114 Å². The molecule has 0 aliphatic carbocycles. The largest absolute Gasteiger partial charge is 0.498 e. The molecule has 0 bridgehead atoms. The zero-order valence-electron chi connectivity index (χ0n) is 59.8. The third-order valence-corrected chi connectivity index (χ3v) is 18.1. The molecule has 1 aliphatic heterocycles. The van der Waals surface area contributed by atoms with Gasteiger partial charge in [-0.25, -0.2) is 14.6 Å². The number of carbonyl (C=O) groups excluding carboxylic acids is 2. The maximum atomic E-state index is 12.6. The van der Waals surface area contributed by atoms with E-state index in [-0.39, 0.29) is 46.1 Å². The Labute approximate surface area is 662 Å². The van der Waals surface area contributed by atoms with Crippen molar-refractivity contribution in [1.82, 2.24) is 38.7 Å². The molecular weight excluding hydrogens is 1690 g/mol. The van der Waals surface area contributed by atoms with Crippen molar-refractivity contribution in [3.63, 3.8) is 0 Å². The lowest BCUT2D eigenvalue weighted by Gasteiger charge is -2.32. The normalized spacial score (nSPS) is 12.3. The Hall–Kier alpha value is -6.73. The van der Waals surface area contributed by atoms with Crippen LogP contribution < -0.4 is 46.6 Å². The number of ether oxygens (including phenoxy) is 6. The lowest BCUT2D eigenvalue weighted by Crippen LogP contribution is -2.41. The zero-order valence-corrected chi connectivity index (χ0v) is 69.3. The van der Waals surface area contributed by atoms with Gasteiger partial charge in [-0.05, 0) is 229 Å². The lowest BCUT2D eigenvalue weighted by atomic mass is 9.77. The second-order valence-corrected chi connectivity index (χ2v) is 29.3. The van der Waals surface area contributed by atoms with Crippen LogP contribution in [0.15, 0.2) is 156 Å². The van der Waals surface area contributed by atoms with E-state index < -0.39 is 48.8 Å². The molecule has 7 heterocycles. The predicted molar refractivity (Wildman–Crippen MR) is 429 cm³/mol. The summed E-state index contributed by atoms with van der Waals surface area (Å²) in [5.74, 6) is 2.81. The van der Waals surface area contributed by atoms with Gasteiger partial charge < -0.3 is 52.8 Å². The Morgan fingerprint density at radius 1 is 0.596 bits per heavy atom. The average Bonchev–Trinajstić information content (AvgIpc) is 1.65. The number of carbonyl (C=O) groups is 2. The fraction of sp³-hybridized carbons (Fsp3) is 0.352. The van der Waals surface area contributed by atoms with Gasteiger partial charge in [0, 0.05) is 84.2 Å². The van der Waals surface area contributed by atoms with Crippen LogP contribution in [0.5, 0.6) is 23.1 Å². The Morgan fingerprint density at radius 2 is 1.04 bits per heavy atom. The third kappa shape index (κ3) is 27.2. The first-order valence-corrected chi connectivity index (χ1v) is 35.4. The van der Waals surface area contributed by atoms with Crippen molar-refractivity contribution in [1.29, 1.82) is 0 Å². The van der Waals surface area contributed by atoms with Crippen molar-refractivity contribution in [2.24, 2.45) is 0 Å². The van der Waals surface area contributed by atoms with Crippen LogP contribution >= 0.6 is 111 Å². The molecule has 6 aromatic heterocycles. The highest BCUT2D eigenvalue weighted by atomic mass is 79.9. The van der Waals surface area contributed by atoms with Gasteiger partial charge in [-0.15, -0.1) is 17.0 Å². The topological polar surface area (TPSA) is 274 Å². The molecule has 104 heavy (non-hydrogen) atoms. The minimum atomic E-state index is -1.41. The lowest BCUT2D eigenvalue weighted by molar-refractivity contribution is 0.00578. The Balaban J connectivity index is 0.000000338. The molecule has 0 spiro atoms. The minimum absolute atomic E-state index is 0. The molecule has 33 heteroatoms. The fourth-order valence-electron chi connectivity index (χ4n) is 8.74. The molecule has 3 N–H and O–H groups in total. The van der Waals surface area contributed by atoms with Crippen molar-refractivity contribution in [3.8, 4) is 45.6 Å². The first-order valence-electron chi connectivity index (χ1n) is 31.5. The summed E-state index contributed by atoms with van der Waals surface area (Å²) in [7, 11) is -0.395. The van der Waals surface area contributed by atoms with Gasteiger partial charge in [0.15, 0.2) is 0 Å². The Morgan fingerprint density at radius 3 is 1.47 bits per heavy atom. The number of H-pyrrole nitrogens is 1. The van der Waals surface area contributed by atoms with Gasteiger partial charge in [0.25, 0.3) is 11.1 Å².